The fourth-order valence-corrected chi connectivity index (χ4v) is 7.94. The molecule has 1 aliphatic heterocycles. The van der Waals surface area contributed by atoms with Crippen LogP contribution < -0.4 is 16.0 Å². The van der Waals surface area contributed by atoms with Crippen LogP contribution in [0.25, 0.3) is 0 Å². The van der Waals surface area contributed by atoms with E-state index in [0.29, 0.717) is 36.3 Å². The molecule has 1 heterocycles. The molecule has 3 aliphatic carbocycles. The van der Waals surface area contributed by atoms with Crippen LogP contribution in [0.1, 0.15) is 119 Å². The zero-order valence-electron chi connectivity index (χ0n) is 28.7. The molecule has 45 heavy (non-hydrogen) atoms. The van der Waals surface area contributed by atoms with Gasteiger partial charge in [0.05, 0.1) is 23.6 Å². The lowest BCUT2D eigenvalue weighted by Crippen LogP contribution is -2.65. The van der Waals surface area contributed by atoms with Crippen molar-refractivity contribution in [2.45, 2.75) is 136 Å². The average Bonchev–Trinajstić information content (AvgIpc) is 3.36. The molecule has 1 aromatic rings. The van der Waals surface area contributed by atoms with Gasteiger partial charge in [0.1, 0.15) is 5.78 Å². The van der Waals surface area contributed by atoms with E-state index in [9.17, 15) is 14.4 Å². The molecule has 3 N–H and O–H groups in total. The molecule has 6 atom stereocenters. The number of ketones is 1. The molecule has 2 bridgehead atoms. The zero-order chi connectivity index (χ0) is 32.6. The van der Waals surface area contributed by atoms with Crippen molar-refractivity contribution in [2.75, 3.05) is 11.9 Å². The number of anilines is 1. The largest absolute Gasteiger partial charge is 0.481 e. The second-order valence-electron chi connectivity index (χ2n) is 15.1. The summed E-state index contributed by atoms with van der Waals surface area (Å²) in [6.45, 7) is 13.4. The number of urea groups is 1. The van der Waals surface area contributed by atoms with Gasteiger partial charge in [-0.3, -0.25) is 9.59 Å². The zero-order valence-corrected chi connectivity index (χ0v) is 28.7. The minimum Gasteiger partial charge on any atom is -0.404 e. The normalized spacial score (nSPS) is 26.0. The van der Waals surface area contributed by atoms with Crippen LogP contribution in [0.5, 0.6) is 0 Å². The van der Waals surface area contributed by atoms with Gasteiger partial charge in [0.15, 0.2) is 0 Å². The number of Topliss-reactive ketones (excluding diaryl/α,β-unsaturated/α-hetero) is 1. The summed E-state index contributed by atoms with van der Waals surface area (Å²) < 4.78 is 13.3. The van der Waals surface area contributed by atoms with E-state index >= 15 is 0 Å². The summed E-state index contributed by atoms with van der Waals surface area (Å²) in [4.78, 5) is 39.7. The summed E-state index contributed by atoms with van der Waals surface area (Å²) in [7, 11) is -0.542. The third kappa shape index (κ3) is 9.12. The highest BCUT2D eigenvalue weighted by Crippen LogP contribution is 2.65. The molecule has 8 nitrogen and oxygen atoms in total. The van der Waals surface area contributed by atoms with E-state index < -0.39 is 19.1 Å². The van der Waals surface area contributed by atoms with Crippen LogP contribution in [-0.4, -0.2) is 49.0 Å². The van der Waals surface area contributed by atoms with Crippen LogP contribution in [0.4, 0.5) is 10.5 Å². The Morgan fingerprint density at radius 2 is 1.67 bits per heavy atom. The molecule has 0 aromatic heterocycles. The number of hydrogen-bond acceptors (Lipinski definition) is 5. The van der Waals surface area contributed by atoms with Gasteiger partial charge in [-0.25, -0.2) is 4.79 Å². The molecular formula is C36H58BN3O5. The lowest BCUT2D eigenvalue weighted by Gasteiger charge is -2.64. The summed E-state index contributed by atoms with van der Waals surface area (Å²) in [6.07, 6.45) is 11.3. The van der Waals surface area contributed by atoms with Crippen molar-refractivity contribution in [2.24, 2.45) is 29.1 Å². The Morgan fingerprint density at radius 1 is 0.978 bits per heavy atom. The number of unbranched alkanes of at least 4 members (excludes halogenated alkanes) is 6. The monoisotopic (exact) mass is 623 g/mol. The minimum absolute atomic E-state index is 0.0218. The fourth-order valence-electron chi connectivity index (χ4n) is 7.94. The molecular weight excluding hydrogens is 565 g/mol. The molecule has 4 aliphatic rings. The number of amides is 3. The van der Waals surface area contributed by atoms with E-state index in [1.54, 1.807) is 12.1 Å². The van der Waals surface area contributed by atoms with Crippen molar-refractivity contribution in [3.8, 4) is 0 Å². The molecule has 9 heteroatoms. The van der Waals surface area contributed by atoms with Crippen molar-refractivity contribution in [3.63, 3.8) is 0 Å². The van der Waals surface area contributed by atoms with Gasteiger partial charge in [-0.2, -0.15) is 0 Å². The van der Waals surface area contributed by atoms with E-state index in [4.69, 9.17) is 9.31 Å². The van der Waals surface area contributed by atoms with Crippen molar-refractivity contribution in [3.05, 3.63) is 30.3 Å². The highest BCUT2D eigenvalue weighted by Gasteiger charge is 2.68. The lowest BCUT2D eigenvalue weighted by molar-refractivity contribution is -0.199. The minimum atomic E-state index is -0.691. The maximum Gasteiger partial charge on any atom is 0.481 e. The highest BCUT2D eigenvalue weighted by atomic mass is 16.7. The van der Waals surface area contributed by atoms with Crippen LogP contribution >= 0.6 is 0 Å². The third-order valence-corrected chi connectivity index (χ3v) is 10.8. The van der Waals surface area contributed by atoms with Crippen LogP contribution in [0.3, 0.4) is 0 Å². The Morgan fingerprint density at radius 3 is 2.33 bits per heavy atom. The van der Waals surface area contributed by atoms with Gasteiger partial charge in [0.2, 0.25) is 5.91 Å². The number of benzene rings is 1. The van der Waals surface area contributed by atoms with Gasteiger partial charge in [0.25, 0.3) is 0 Å². The quantitative estimate of drug-likeness (QED) is 0.117. The Hall–Kier alpha value is -2.39. The first-order valence-corrected chi connectivity index (χ1v) is 17.7. The fraction of sp³-hybridized carbons (Fsp3) is 0.750. The molecule has 0 unspecified atom stereocenters. The van der Waals surface area contributed by atoms with Gasteiger partial charge < -0.3 is 25.3 Å². The standard InChI is InChI=1S/C36H58BN3O5/c1-7-8-9-10-11-12-16-19-29(41)21-26(24-38-34(43)39-28-17-14-13-15-18-28)33(42)40-32(20-25(2)3)37-44-31-23-27-22-30(35(27,4)5)36(31,6)45-37/h13-15,17-18,25-27,30-32H,7-12,16,19-24H2,1-6H3,(H,40,42)(H2,38,39,43)/t26-,27+,30+,31+,32-,36-/m0/s1. The topological polar surface area (TPSA) is 106 Å². The molecule has 4 fully saturated rings. The average molecular weight is 624 g/mol. The summed E-state index contributed by atoms with van der Waals surface area (Å²) in [5.41, 5.74) is 0.522. The first-order valence-electron chi connectivity index (χ1n) is 17.7. The molecule has 5 rings (SSSR count). The Balaban J connectivity index is 1.38. The van der Waals surface area contributed by atoms with Crippen molar-refractivity contribution >= 4 is 30.5 Å². The second-order valence-corrected chi connectivity index (χ2v) is 15.1. The Kier molecular flexibility index (Phi) is 12.6. The van der Waals surface area contributed by atoms with Gasteiger partial charge in [-0.15, -0.1) is 0 Å². The first kappa shape index (κ1) is 35.5. The van der Waals surface area contributed by atoms with Crippen molar-refractivity contribution in [1.29, 1.82) is 0 Å². The lowest BCUT2D eigenvalue weighted by atomic mass is 9.43. The van der Waals surface area contributed by atoms with Crippen LogP contribution in [-0.2, 0) is 18.9 Å². The first-order chi connectivity index (χ1) is 21.4. The number of rotatable bonds is 18. The van der Waals surface area contributed by atoms with Crippen LogP contribution in [0, 0.1) is 29.1 Å². The van der Waals surface area contributed by atoms with Crippen LogP contribution in [0.15, 0.2) is 30.3 Å². The summed E-state index contributed by atoms with van der Waals surface area (Å²) >= 11 is 0. The summed E-state index contributed by atoms with van der Waals surface area (Å²) in [5, 5.41) is 8.87. The van der Waals surface area contributed by atoms with E-state index in [0.717, 1.165) is 32.1 Å². The van der Waals surface area contributed by atoms with Gasteiger partial charge in [-0.1, -0.05) is 91.3 Å². The van der Waals surface area contributed by atoms with E-state index in [1.165, 1.54) is 25.7 Å². The number of nitrogens with one attached hydrogen (secondary N) is 3. The summed E-state index contributed by atoms with van der Waals surface area (Å²) in [5.74, 6) is 0.145. The maximum absolute atomic E-state index is 13.9. The Labute approximate surface area is 272 Å². The van der Waals surface area contributed by atoms with E-state index in [-0.39, 0.29) is 47.7 Å². The van der Waals surface area contributed by atoms with E-state index in [1.807, 2.05) is 18.2 Å². The smallest absolute Gasteiger partial charge is 0.404 e. The summed E-state index contributed by atoms with van der Waals surface area (Å²) in [6, 6.07) is 8.77. The van der Waals surface area contributed by atoms with Gasteiger partial charge >= 0.3 is 13.1 Å². The predicted octanol–water partition coefficient (Wildman–Crippen LogP) is 7.32. The molecule has 1 aromatic carbocycles. The molecule has 0 spiro atoms. The predicted molar refractivity (Wildman–Crippen MR) is 181 cm³/mol. The maximum atomic E-state index is 13.9. The van der Waals surface area contributed by atoms with E-state index in [2.05, 4.69) is 57.5 Å². The van der Waals surface area contributed by atoms with Crippen LogP contribution in [0.2, 0.25) is 0 Å². The van der Waals surface area contributed by atoms with Crippen molar-refractivity contribution < 1.29 is 23.7 Å². The number of carbonyl (C=O) groups excluding carboxylic acids is 3. The second kappa shape index (κ2) is 15.9. The Bertz CT molecular complexity index is 1130. The molecule has 3 saturated carbocycles. The molecule has 1 saturated heterocycles. The SMILES string of the molecule is CCCCCCCCCC(=O)C[C@@H](CNC(=O)Nc1ccccc1)C(=O)N[C@@H](CC(C)C)B1O[C@@H]2C[C@H]3C[C@H](C3(C)C)[C@]2(C)O1. The third-order valence-electron chi connectivity index (χ3n) is 10.8. The van der Waals surface area contributed by atoms with Gasteiger partial charge in [0, 0.05) is 25.1 Å². The molecule has 250 valence electrons. The molecule has 0 radical (unpaired) electrons. The number of para-hydroxylation sites is 1. The van der Waals surface area contributed by atoms with Crippen molar-refractivity contribution in [1.82, 2.24) is 10.6 Å². The number of hydrogen-bond donors (Lipinski definition) is 3. The number of carbonyl (C=O) groups is 3. The highest BCUT2D eigenvalue weighted by molar-refractivity contribution is 6.47. The van der Waals surface area contributed by atoms with Gasteiger partial charge in [-0.05, 0) is 67.9 Å². The molecule has 3 amide bonds.